The first-order chi connectivity index (χ1) is 15.8. The Labute approximate surface area is 202 Å². The van der Waals surface area contributed by atoms with Crippen LogP contribution in [0.2, 0.25) is 10.0 Å². The van der Waals surface area contributed by atoms with E-state index >= 15 is 0 Å². The number of hydrogen-bond acceptors (Lipinski definition) is 5. The van der Waals surface area contributed by atoms with Gasteiger partial charge in [-0.05, 0) is 39.1 Å². The van der Waals surface area contributed by atoms with Crippen molar-refractivity contribution in [1.29, 1.82) is 0 Å². The van der Waals surface area contributed by atoms with Crippen LogP contribution in [0.5, 0.6) is 0 Å². The first-order valence-corrected chi connectivity index (χ1v) is 11.2. The van der Waals surface area contributed by atoms with Crippen molar-refractivity contribution in [3.8, 4) is 0 Å². The number of carbonyl (C=O) groups is 3. The highest BCUT2D eigenvalue weighted by molar-refractivity contribution is 6.40. The summed E-state index contributed by atoms with van der Waals surface area (Å²) in [5.74, 6) is -1.07. The smallest absolute Gasteiger partial charge is 0.271 e. The first-order valence-electron chi connectivity index (χ1n) is 10.5. The predicted octanol–water partition coefficient (Wildman–Crippen LogP) is 2.81. The van der Waals surface area contributed by atoms with E-state index in [1.165, 1.54) is 6.20 Å². The van der Waals surface area contributed by atoms with Crippen LogP contribution in [0.3, 0.4) is 0 Å². The Hall–Kier alpha value is -2.88. The number of amides is 3. The van der Waals surface area contributed by atoms with Crippen LogP contribution < -0.4 is 10.6 Å². The predicted molar refractivity (Wildman–Crippen MR) is 128 cm³/mol. The molecule has 1 aromatic carbocycles. The number of rotatable bonds is 7. The zero-order valence-electron chi connectivity index (χ0n) is 18.4. The van der Waals surface area contributed by atoms with E-state index in [2.05, 4.69) is 20.8 Å². The van der Waals surface area contributed by atoms with Crippen molar-refractivity contribution in [3.05, 3.63) is 57.9 Å². The third-order valence-corrected chi connectivity index (χ3v) is 5.73. The quantitative estimate of drug-likeness (QED) is 0.514. The molecule has 1 atom stereocenters. The second kappa shape index (κ2) is 11.3. The number of benzene rings is 1. The average molecular weight is 493 g/mol. The molecule has 0 radical (unpaired) electrons. The van der Waals surface area contributed by atoms with Crippen LogP contribution >= 0.6 is 23.2 Å². The molecule has 176 valence electrons. The Kier molecular flexibility index (Phi) is 8.49. The number of carbonyl (C=O) groups excluding carboxylic acids is 3. The van der Waals surface area contributed by atoms with Gasteiger partial charge in [-0.15, -0.1) is 0 Å². The van der Waals surface area contributed by atoms with E-state index in [1.54, 1.807) is 29.2 Å². The van der Waals surface area contributed by atoms with Crippen molar-refractivity contribution in [3.63, 3.8) is 0 Å². The Balaban J connectivity index is 1.62. The summed E-state index contributed by atoms with van der Waals surface area (Å²) in [4.78, 5) is 41.6. The molecule has 1 saturated heterocycles. The summed E-state index contributed by atoms with van der Waals surface area (Å²) < 4.78 is 0. The van der Waals surface area contributed by atoms with E-state index in [4.69, 9.17) is 23.2 Å². The molecule has 3 N–H and O–H groups in total. The van der Waals surface area contributed by atoms with Crippen LogP contribution in [0.15, 0.2) is 36.5 Å². The molecule has 3 rings (SSSR count). The Morgan fingerprint density at radius 2 is 1.97 bits per heavy atom. The summed E-state index contributed by atoms with van der Waals surface area (Å²) in [5.41, 5.74) is 0.404. The largest absolute Gasteiger partial charge is 0.346 e. The van der Waals surface area contributed by atoms with Gasteiger partial charge in [0.15, 0.2) is 0 Å². The van der Waals surface area contributed by atoms with Crippen molar-refractivity contribution in [2.24, 2.45) is 0 Å². The zero-order chi connectivity index (χ0) is 24.0. The van der Waals surface area contributed by atoms with E-state index < -0.39 is 11.8 Å². The molecule has 2 aromatic rings. The van der Waals surface area contributed by atoms with E-state index in [1.807, 2.05) is 25.1 Å². The molecule has 0 spiro atoms. The van der Waals surface area contributed by atoms with Crippen LogP contribution in [0.4, 0.5) is 5.69 Å². The number of piperidine rings is 1. The maximum Gasteiger partial charge on any atom is 0.271 e. The highest BCUT2D eigenvalue weighted by atomic mass is 35.5. The van der Waals surface area contributed by atoms with Gasteiger partial charge in [0.25, 0.3) is 11.8 Å². The lowest BCUT2D eigenvalue weighted by Crippen LogP contribution is -2.49. The number of likely N-dealkylation sites (N-methyl/N-ethyl adjacent to an activating group) is 1. The van der Waals surface area contributed by atoms with Gasteiger partial charge < -0.3 is 20.4 Å². The van der Waals surface area contributed by atoms with Gasteiger partial charge in [0.05, 0.1) is 27.5 Å². The number of nitrogens with zero attached hydrogens (tertiary/aromatic N) is 3. The van der Waals surface area contributed by atoms with Gasteiger partial charge in [-0.1, -0.05) is 35.3 Å². The molecule has 9 nitrogen and oxygen atoms in total. The number of halogens is 2. The fourth-order valence-electron chi connectivity index (χ4n) is 3.48. The topological polar surface area (TPSA) is 110 Å². The molecule has 1 aliphatic rings. The van der Waals surface area contributed by atoms with Gasteiger partial charge in [-0.25, -0.2) is 0 Å². The van der Waals surface area contributed by atoms with Crippen LogP contribution in [0, 0.1) is 0 Å². The summed E-state index contributed by atoms with van der Waals surface area (Å²) in [6.07, 6.45) is 6.23. The highest BCUT2D eigenvalue weighted by Crippen LogP contribution is 2.25. The molecule has 1 aromatic heterocycles. The molecule has 0 saturated carbocycles. The number of hydrogen-bond donors (Lipinski definition) is 3. The van der Waals surface area contributed by atoms with Crippen LogP contribution in [-0.2, 0) is 4.79 Å². The van der Waals surface area contributed by atoms with Crippen molar-refractivity contribution in [2.45, 2.75) is 18.9 Å². The van der Waals surface area contributed by atoms with Gasteiger partial charge >= 0.3 is 0 Å². The summed E-state index contributed by atoms with van der Waals surface area (Å²) >= 11 is 12.2. The van der Waals surface area contributed by atoms with Crippen molar-refractivity contribution in [1.82, 2.24) is 25.3 Å². The Morgan fingerprint density at radius 1 is 1.24 bits per heavy atom. The fraction of sp³-hybridized carbons (Fsp3) is 0.364. The van der Waals surface area contributed by atoms with Gasteiger partial charge in [-0.2, -0.15) is 5.10 Å². The Morgan fingerprint density at radius 3 is 2.67 bits per heavy atom. The second-order valence-corrected chi connectivity index (χ2v) is 8.79. The minimum atomic E-state index is -0.556. The molecule has 11 heteroatoms. The van der Waals surface area contributed by atoms with Gasteiger partial charge in [0.2, 0.25) is 5.91 Å². The number of aromatic nitrogens is 2. The number of nitrogens with one attached hydrogen (secondary N) is 3. The Bertz CT molecular complexity index is 1030. The van der Waals surface area contributed by atoms with E-state index in [9.17, 15) is 14.4 Å². The molecule has 1 fully saturated rings. The number of H-pyrrole nitrogens is 1. The lowest BCUT2D eigenvalue weighted by Gasteiger charge is -2.32. The van der Waals surface area contributed by atoms with Crippen molar-refractivity contribution < 1.29 is 14.4 Å². The lowest BCUT2D eigenvalue weighted by molar-refractivity contribution is -0.127. The highest BCUT2D eigenvalue weighted by Gasteiger charge is 2.26. The summed E-state index contributed by atoms with van der Waals surface area (Å²) in [7, 11) is 3.85. The summed E-state index contributed by atoms with van der Waals surface area (Å²) in [5, 5.41) is 12.4. The first kappa shape index (κ1) is 24.8. The molecule has 1 aliphatic heterocycles. The maximum absolute atomic E-state index is 12.9. The van der Waals surface area contributed by atoms with E-state index in [0.717, 1.165) is 12.8 Å². The van der Waals surface area contributed by atoms with E-state index in [-0.39, 0.29) is 38.9 Å². The summed E-state index contributed by atoms with van der Waals surface area (Å²) in [6.45, 7) is 1.72. The molecular weight excluding hydrogens is 467 g/mol. The molecule has 33 heavy (non-hydrogen) atoms. The maximum atomic E-state index is 12.9. The lowest BCUT2D eigenvalue weighted by atomic mass is 10.1. The number of anilines is 1. The van der Waals surface area contributed by atoms with Crippen LogP contribution in [0.25, 0.3) is 0 Å². The fourth-order valence-corrected chi connectivity index (χ4v) is 4.05. The van der Waals surface area contributed by atoms with Crippen LogP contribution in [-0.4, -0.2) is 77.5 Å². The normalized spacial score (nSPS) is 16.3. The number of likely N-dealkylation sites (tertiary alicyclic amines) is 1. The molecular formula is C22H26Cl2N6O3. The van der Waals surface area contributed by atoms with E-state index in [0.29, 0.717) is 19.6 Å². The van der Waals surface area contributed by atoms with Crippen molar-refractivity contribution >= 4 is 46.6 Å². The van der Waals surface area contributed by atoms with Gasteiger partial charge in [-0.3, -0.25) is 19.5 Å². The second-order valence-electron chi connectivity index (χ2n) is 7.97. The minimum absolute atomic E-state index is 0.0816. The zero-order valence-corrected chi connectivity index (χ0v) is 19.9. The van der Waals surface area contributed by atoms with Crippen molar-refractivity contribution in [2.75, 3.05) is 39.0 Å². The number of aromatic amines is 1. The third kappa shape index (κ3) is 6.56. The molecule has 3 amide bonds. The minimum Gasteiger partial charge on any atom is -0.346 e. The van der Waals surface area contributed by atoms with Gasteiger partial charge in [0, 0.05) is 31.8 Å². The molecule has 0 unspecified atom stereocenters. The standard InChI is InChI=1S/C22H26Cl2N6O3/c1-29(2)10-5-9-18(31)30-11-4-6-14(13-30)26-22(33)20-17(12-25-28-20)27-21(32)19-15(23)7-3-8-16(19)24/h3,5,7-9,12,14H,4,6,10-11,13H2,1-2H3,(H,25,28)(H,26,33)(H,27,32)/t14-/m0/s1. The average Bonchev–Trinajstić information content (AvgIpc) is 3.21. The SMILES string of the molecule is CN(C)CC=CC(=O)N1CCC[C@H](NC(=O)c2[nH]ncc2NC(=O)c2c(Cl)cccc2Cl)C1. The van der Waals surface area contributed by atoms with Crippen LogP contribution in [0.1, 0.15) is 33.7 Å². The monoisotopic (exact) mass is 492 g/mol. The molecule has 2 heterocycles. The third-order valence-electron chi connectivity index (χ3n) is 5.10. The summed E-state index contributed by atoms with van der Waals surface area (Å²) in [6, 6.07) is 4.52. The molecule has 0 aliphatic carbocycles. The van der Waals surface area contributed by atoms with Gasteiger partial charge in [0.1, 0.15) is 5.69 Å². The molecule has 0 bridgehead atoms.